The summed E-state index contributed by atoms with van der Waals surface area (Å²) in [5.74, 6) is 0.197. The number of phenols is 1. The second-order valence-corrected chi connectivity index (χ2v) is 5.48. The standard InChI is InChI=1S/C18H17NO2/c1-11-8-12(2)15-10-16(13-4-6-14(20)7-5-13)18(21)19(3)17(15)9-11/h4-10,20H,1-3H3. The maximum absolute atomic E-state index is 12.6. The molecule has 0 aliphatic heterocycles. The van der Waals surface area contributed by atoms with Gasteiger partial charge < -0.3 is 9.67 Å². The Balaban J connectivity index is 2.37. The Labute approximate surface area is 123 Å². The molecule has 21 heavy (non-hydrogen) atoms. The van der Waals surface area contributed by atoms with E-state index >= 15 is 0 Å². The van der Waals surface area contributed by atoms with Gasteiger partial charge in [0.25, 0.3) is 5.56 Å². The van der Waals surface area contributed by atoms with Gasteiger partial charge in [0.15, 0.2) is 0 Å². The number of hydrogen-bond acceptors (Lipinski definition) is 2. The Morgan fingerprint density at radius 2 is 1.67 bits per heavy atom. The van der Waals surface area contributed by atoms with E-state index in [1.54, 1.807) is 35.9 Å². The number of benzene rings is 2. The summed E-state index contributed by atoms with van der Waals surface area (Å²) >= 11 is 0. The number of aromatic hydroxyl groups is 1. The van der Waals surface area contributed by atoms with E-state index in [1.165, 1.54) is 0 Å². The molecule has 1 aromatic heterocycles. The van der Waals surface area contributed by atoms with Crippen LogP contribution in [0.3, 0.4) is 0 Å². The first-order chi connectivity index (χ1) is 9.97. The van der Waals surface area contributed by atoms with Crippen molar-refractivity contribution in [3.05, 3.63) is 63.9 Å². The monoisotopic (exact) mass is 279 g/mol. The smallest absolute Gasteiger partial charge is 0.258 e. The first kappa shape index (κ1) is 13.4. The molecule has 1 N–H and O–H groups in total. The number of hydrogen-bond donors (Lipinski definition) is 1. The zero-order chi connectivity index (χ0) is 15.1. The summed E-state index contributed by atoms with van der Waals surface area (Å²) in [4.78, 5) is 12.6. The lowest BCUT2D eigenvalue weighted by Crippen LogP contribution is -2.19. The number of pyridine rings is 1. The first-order valence-electron chi connectivity index (χ1n) is 6.88. The van der Waals surface area contributed by atoms with Crippen molar-refractivity contribution in [2.45, 2.75) is 13.8 Å². The highest BCUT2D eigenvalue weighted by molar-refractivity contribution is 5.87. The van der Waals surface area contributed by atoms with Crippen LogP contribution in [-0.4, -0.2) is 9.67 Å². The van der Waals surface area contributed by atoms with Crippen molar-refractivity contribution in [1.29, 1.82) is 0 Å². The van der Waals surface area contributed by atoms with Gasteiger partial charge in [0.2, 0.25) is 0 Å². The van der Waals surface area contributed by atoms with Crippen molar-refractivity contribution < 1.29 is 5.11 Å². The largest absolute Gasteiger partial charge is 0.508 e. The quantitative estimate of drug-likeness (QED) is 0.740. The van der Waals surface area contributed by atoms with Crippen molar-refractivity contribution in [1.82, 2.24) is 4.57 Å². The molecule has 0 atom stereocenters. The molecule has 0 saturated heterocycles. The molecule has 3 heteroatoms. The van der Waals surface area contributed by atoms with Crippen molar-refractivity contribution in [2.24, 2.45) is 7.05 Å². The van der Waals surface area contributed by atoms with E-state index in [1.807, 2.05) is 19.1 Å². The number of aryl methyl sites for hydroxylation is 3. The third-order valence-corrected chi connectivity index (χ3v) is 3.87. The average Bonchev–Trinajstić information content (AvgIpc) is 2.44. The van der Waals surface area contributed by atoms with Crippen molar-refractivity contribution >= 4 is 10.9 Å². The van der Waals surface area contributed by atoms with E-state index in [4.69, 9.17) is 0 Å². The SMILES string of the molecule is Cc1cc(C)c2cc(-c3ccc(O)cc3)c(=O)n(C)c2c1. The van der Waals surface area contributed by atoms with E-state index in [-0.39, 0.29) is 11.3 Å². The van der Waals surface area contributed by atoms with Crippen LogP contribution in [0.2, 0.25) is 0 Å². The van der Waals surface area contributed by atoms with Gasteiger partial charge in [-0.2, -0.15) is 0 Å². The summed E-state index contributed by atoms with van der Waals surface area (Å²) in [7, 11) is 1.80. The second-order valence-electron chi connectivity index (χ2n) is 5.48. The summed E-state index contributed by atoms with van der Waals surface area (Å²) in [5.41, 5.74) is 4.68. The normalized spacial score (nSPS) is 11.0. The average molecular weight is 279 g/mol. The lowest BCUT2D eigenvalue weighted by atomic mass is 10.0. The van der Waals surface area contributed by atoms with Crippen LogP contribution >= 0.6 is 0 Å². The van der Waals surface area contributed by atoms with E-state index in [2.05, 4.69) is 13.0 Å². The third kappa shape index (κ3) is 2.21. The highest BCUT2D eigenvalue weighted by Crippen LogP contribution is 2.25. The summed E-state index contributed by atoms with van der Waals surface area (Å²) in [6.45, 7) is 4.09. The van der Waals surface area contributed by atoms with Crippen LogP contribution in [-0.2, 0) is 7.05 Å². The van der Waals surface area contributed by atoms with Crippen LogP contribution in [0.25, 0.3) is 22.0 Å². The molecule has 0 amide bonds. The molecular formula is C18H17NO2. The first-order valence-corrected chi connectivity index (χ1v) is 6.88. The van der Waals surface area contributed by atoms with Gasteiger partial charge >= 0.3 is 0 Å². The van der Waals surface area contributed by atoms with Gasteiger partial charge in [-0.3, -0.25) is 4.79 Å². The fourth-order valence-corrected chi connectivity index (χ4v) is 2.77. The molecule has 0 unspecified atom stereocenters. The molecule has 1 heterocycles. The number of nitrogens with zero attached hydrogens (tertiary/aromatic N) is 1. The highest BCUT2D eigenvalue weighted by atomic mass is 16.3. The molecule has 0 bridgehead atoms. The molecule has 0 saturated carbocycles. The Bertz CT molecular complexity index is 890. The lowest BCUT2D eigenvalue weighted by Gasteiger charge is -2.12. The van der Waals surface area contributed by atoms with Gasteiger partial charge in [0.1, 0.15) is 5.75 Å². The van der Waals surface area contributed by atoms with E-state index < -0.39 is 0 Å². The summed E-state index contributed by atoms with van der Waals surface area (Å²) in [5, 5.41) is 10.5. The minimum atomic E-state index is -0.0295. The molecule has 2 aromatic carbocycles. The fraction of sp³-hybridized carbons (Fsp3) is 0.167. The van der Waals surface area contributed by atoms with Crippen LogP contribution in [0.4, 0.5) is 0 Å². The molecule has 0 aliphatic rings. The molecule has 0 spiro atoms. The van der Waals surface area contributed by atoms with E-state index in [9.17, 15) is 9.90 Å². The lowest BCUT2D eigenvalue weighted by molar-refractivity contribution is 0.475. The molecule has 0 radical (unpaired) electrons. The molecular weight excluding hydrogens is 262 g/mol. The maximum atomic E-state index is 12.6. The van der Waals surface area contributed by atoms with Crippen LogP contribution in [0.15, 0.2) is 47.3 Å². The third-order valence-electron chi connectivity index (χ3n) is 3.87. The number of fused-ring (bicyclic) bond motifs is 1. The fourth-order valence-electron chi connectivity index (χ4n) is 2.77. The predicted octanol–water partition coefficient (Wildman–Crippen LogP) is 3.53. The van der Waals surface area contributed by atoms with Crippen LogP contribution in [0, 0.1) is 13.8 Å². The van der Waals surface area contributed by atoms with Crippen LogP contribution < -0.4 is 5.56 Å². The van der Waals surface area contributed by atoms with Crippen LogP contribution in [0.5, 0.6) is 5.75 Å². The Morgan fingerprint density at radius 1 is 1.00 bits per heavy atom. The molecule has 3 rings (SSSR count). The van der Waals surface area contributed by atoms with Crippen molar-refractivity contribution in [2.75, 3.05) is 0 Å². The topological polar surface area (TPSA) is 42.2 Å². The molecule has 3 nitrogen and oxygen atoms in total. The summed E-state index contributed by atoms with van der Waals surface area (Å²) < 4.78 is 1.69. The van der Waals surface area contributed by atoms with Gasteiger partial charge in [-0.1, -0.05) is 18.2 Å². The Kier molecular flexibility index (Phi) is 3.05. The molecule has 106 valence electrons. The van der Waals surface area contributed by atoms with Crippen molar-refractivity contribution in [3.8, 4) is 16.9 Å². The summed E-state index contributed by atoms with van der Waals surface area (Å²) in [6, 6.07) is 12.8. The number of rotatable bonds is 1. The number of aromatic nitrogens is 1. The number of phenolic OH excluding ortho intramolecular Hbond substituents is 1. The second kappa shape index (κ2) is 4.77. The van der Waals surface area contributed by atoms with Gasteiger partial charge in [0.05, 0.1) is 5.52 Å². The van der Waals surface area contributed by atoms with Gasteiger partial charge in [-0.05, 0) is 54.8 Å². The van der Waals surface area contributed by atoms with Crippen molar-refractivity contribution in [3.63, 3.8) is 0 Å². The predicted molar refractivity (Wildman–Crippen MR) is 85.8 cm³/mol. The minimum Gasteiger partial charge on any atom is -0.508 e. The Morgan fingerprint density at radius 3 is 2.33 bits per heavy atom. The van der Waals surface area contributed by atoms with Gasteiger partial charge in [-0.15, -0.1) is 0 Å². The zero-order valence-corrected chi connectivity index (χ0v) is 12.3. The van der Waals surface area contributed by atoms with Gasteiger partial charge in [0, 0.05) is 18.0 Å². The Hall–Kier alpha value is -2.55. The maximum Gasteiger partial charge on any atom is 0.258 e. The molecule has 0 aliphatic carbocycles. The van der Waals surface area contributed by atoms with Crippen LogP contribution in [0.1, 0.15) is 11.1 Å². The molecule has 0 fully saturated rings. The zero-order valence-electron chi connectivity index (χ0n) is 12.3. The highest BCUT2D eigenvalue weighted by Gasteiger charge is 2.10. The van der Waals surface area contributed by atoms with E-state index in [0.717, 1.165) is 27.6 Å². The molecule has 3 aromatic rings. The minimum absolute atomic E-state index is 0.0295. The summed E-state index contributed by atoms with van der Waals surface area (Å²) in [6.07, 6.45) is 0. The van der Waals surface area contributed by atoms with E-state index in [0.29, 0.717) is 5.56 Å². The van der Waals surface area contributed by atoms with Gasteiger partial charge in [-0.25, -0.2) is 0 Å².